The van der Waals surface area contributed by atoms with Gasteiger partial charge in [-0.3, -0.25) is 9.89 Å². The number of halogens is 3. The predicted molar refractivity (Wildman–Crippen MR) is 92.5 cm³/mol. The Morgan fingerprint density at radius 3 is 2.80 bits per heavy atom. The van der Waals surface area contributed by atoms with E-state index in [1.165, 1.54) is 0 Å². The maximum Gasteiger partial charge on any atom is 0.234 e. The molecule has 0 spiro atoms. The summed E-state index contributed by atoms with van der Waals surface area (Å²) in [6.45, 7) is 0. The van der Waals surface area contributed by atoms with E-state index >= 15 is 0 Å². The second kappa shape index (κ2) is 7.62. The van der Waals surface area contributed by atoms with E-state index in [2.05, 4.69) is 20.5 Å². The van der Waals surface area contributed by atoms with Crippen molar-refractivity contribution < 1.29 is 13.6 Å². The average Bonchev–Trinajstić information content (AvgIpc) is 3.05. The van der Waals surface area contributed by atoms with Gasteiger partial charge in [0.15, 0.2) is 5.82 Å². The number of nitrogens with zero attached hydrogens (tertiary/aromatic N) is 2. The molecule has 1 aromatic heterocycles. The minimum absolute atomic E-state index is 0.0311. The minimum atomic E-state index is -0.836. The Kier molecular flexibility index (Phi) is 5.30. The van der Waals surface area contributed by atoms with Crippen LogP contribution < -0.4 is 5.32 Å². The molecular formula is C16H11ClF2N4OS. The molecule has 0 fully saturated rings. The van der Waals surface area contributed by atoms with E-state index < -0.39 is 17.5 Å². The normalized spacial score (nSPS) is 10.7. The predicted octanol–water partition coefficient (Wildman–Crippen LogP) is 4.13. The van der Waals surface area contributed by atoms with Gasteiger partial charge in [-0.25, -0.2) is 13.8 Å². The van der Waals surface area contributed by atoms with Crippen LogP contribution >= 0.6 is 23.4 Å². The van der Waals surface area contributed by atoms with E-state index in [0.29, 0.717) is 27.6 Å². The lowest BCUT2D eigenvalue weighted by Gasteiger charge is -2.05. The van der Waals surface area contributed by atoms with Crippen LogP contribution in [0.1, 0.15) is 0 Å². The van der Waals surface area contributed by atoms with E-state index in [0.717, 1.165) is 23.9 Å². The summed E-state index contributed by atoms with van der Waals surface area (Å²) in [6, 6.07) is 10.1. The van der Waals surface area contributed by atoms with Crippen molar-refractivity contribution in [2.75, 3.05) is 11.1 Å². The first-order valence-corrected chi connectivity index (χ1v) is 8.44. The fraction of sp³-hybridized carbons (Fsp3) is 0.0625. The lowest BCUT2D eigenvalue weighted by Crippen LogP contribution is -2.15. The summed E-state index contributed by atoms with van der Waals surface area (Å²) in [5.74, 6) is -1.55. The van der Waals surface area contributed by atoms with E-state index in [1.807, 2.05) is 6.07 Å². The molecule has 128 valence electrons. The summed E-state index contributed by atoms with van der Waals surface area (Å²) < 4.78 is 26.3. The number of carbonyl (C=O) groups is 1. The third kappa shape index (κ3) is 4.34. The SMILES string of the molecule is O=C(CSc1n[nH]c(-c2ccccc2Cl)n1)Nc1ccc(F)cc1F. The van der Waals surface area contributed by atoms with Crippen molar-refractivity contribution in [3.05, 3.63) is 59.1 Å². The molecule has 3 rings (SSSR count). The number of carbonyl (C=O) groups excluding carboxylic acids is 1. The van der Waals surface area contributed by atoms with Crippen LogP contribution in [0.3, 0.4) is 0 Å². The van der Waals surface area contributed by atoms with Gasteiger partial charge in [0.05, 0.1) is 16.5 Å². The largest absolute Gasteiger partial charge is 0.323 e. The Morgan fingerprint density at radius 1 is 1.24 bits per heavy atom. The van der Waals surface area contributed by atoms with Gasteiger partial charge in [-0.1, -0.05) is 35.5 Å². The molecule has 1 heterocycles. The molecule has 0 bridgehead atoms. The van der Waals surface area contributed by atoms with Gasteiger partial charge in [-0.05, 0) is 24.3 Å². The Bertz CT molecular complexity index is 919. The summed E-state index contributed by atoms with van der Waals surface area (Å²) in [4.78, 5) is 16.1. The van der Waals surface area contributed by atoms with Crippen LogP contribution in [0.25, 0.3) is 11.4 Å². The summed E-state index contributed by atoms with van der Waals surface area (Å²) in [5.41, 5.74) is 0.611. The maximum absolute atomic E-state index is 13.5. The van der Waals surface area contributed by atoms with Gasteiger partial charge in [0.25, 0.3) is 0 Å². The molecule has 2 aromatic carbocycles. The monoisotopic (exact) mass is 380 g/mol. The molecule has 5 nitrogen and oxygen atoms in total. The number of nitrogens with one attached hydrogen (secondary N) is 2. The van der Waals surface area contributed by atoms with Crippen LogP contribution in [0, 0.1) is 11.6 Å². The van der Waals surface area contributed by atoms with Crippen molar-refractivity contribution in [3.63, 3.8) is 0 Å². The van der Waals surface area contributed by atoms with E-state index in [1.54, 1.807) is 18.2 Å². The first-order chi connectivity index (χ1) is 12.0. The zero-order chi connectivity index (χ0) is 17.8. The molecule has 2 N–H and O–H groups in total. The van der Waals surface area contributed by atoms with Crippen molar-refractivity contribution in [1.82, 2.24) is 15.2 Å². The molecule has 0 aliphatic rings. The second-order valence-corrected chi connectivity index (χ2v) is 6.26. The standard InChI is InChI=1S/C16H11ClF2N4OS/c17-11-4-2-1-3-10(11)15-21-16(23-22-15)25-8-14(24)20-13-6-5-9(18)7-12(13)19/h1-7H,8H2,(H,20,24)(H,21,22,23). The highest BCUT2D eigenvalue weighted by molar-refractivity contribution is 7.99. The Balaban J connectivity index is 1.60. The minimum Gasteiger partial charge on any atom is -0.323 e. The van der Waals surface area contributed by atoms with Gasteiger partial charge < -0.3 is 5.32 Å². The van der Waals surface area contributed by atoms with Crippen LogP contribution in [0.2, 0.25) is 5.02 Å². The highest BCUT2D eigenvalue weighted by Crippen LogP contribution is 2.26. The van der Waals surface area contributed by atoms with Crippen LogP contribution in [-0.4, -0.2) is 26.8 Å². The van der Waals surface area contributed by atoms with Gasteiger partial charge in [-0.2, -0.15) is 0 Å². The first kappa shape index (κ1) is 17.4. The number of H-pyrrole nitrogens is 1. The molecule has 0 radical (unpaired) electrons. The number of anilines is 1. The molecule has 0 unspecified atom stereocenters. The van der Waals surface area contributed by atoms with Crippen LogP contribution in [0.15, 0.2) is 47.6 Å². The Hall–Kier alpha value is -2.45. The lowest BCUT2D eigenvalue weighted by molar-refractivity contribution is -0.113. The summed E-state index contributed by atoms with van der Waals surface area (Å²) in [7, 11) is 0. The maximum atomic E-state index is 13.5. The molecule has 1 amide bonds. The highest BCUT2D eigenvalue weighted by atomic mass is 35.5. The molecule has 9 heteroatoms. The van der Waals surface area contributed by atoms with E-state index in [9.17, 15) is 13.6 Å². The molecular weight excluding hydrogens is 370 g/mol. The van der Waals surface area contributed by atoms with Crippen molar-refractivity contribution in [1.29, 1.82) is 0 Å². The highest BCUT2D eigenvalue weighted by Gasteiger charge is 2.12. The van der Waals surface area contributed by atoms with Gasteiger partial charge >= 0.3 is 0 Å². The number of aromatic amines is 1. The number of aromatic nitrogens is 3. The fourth-order valence-electron chi connectivity index (χ4n) is 1.99. The number of amides is 1. The molecule has 0 atom stereocenters. The Labute approximate surface area is 150 Å². The van der Waals surface area contributed by atoms with Gasteiger partial charge in [0, 0.05) is 11.6 Å². The summed E-state index contributed by atoms with van der Waals surface area (Å²) in [6.07, 6.45) is 0. The van der Waals surface area contributed by atoms with Gasteiger partial charge in [0.2, 0.25) is 11.1 Å². The molecule has 0 saturated heterocycles. The molecule has 3 aromatic rings. The molecule has 25 heavy (non-hydrogen) atoms. The zero-order valence-electron chi connectivity index (χ0n) is 12.6. The average molecular weight is 381 g/mol. The molecule has 0 aliphatic heterocycles. The molecule has 0 aliphatic carbocycles. The van der Waals surface area contributed by atoms with Crippen LogP contribution in [0.5, 0.6) is 0 Å². The number of benzene rings is 2. The topological polar surface area (TPSA) is 70.7 Å². The first-order valence-electron chi connectivity index (χ1n) is 7.08. The smallest absolute Gasteiger partial charge is 0.234 e. The number of hydrogen-bond donors (Lipinski definition) is 2. The van der Waals surface area contributed by atoms with Crippen molar-refractivity contribution in [2.45, 2.75) is 5.16 Å². The molecule has 0 saturated carbocycles. The van der Waals surface area contributed by atoms with Crippen molar-refractivity contribution >= 4 is 35.0 Å². The summed E-state index contributed by atoms with van der Waals surface area (Å²) >= 11 is 7.16. The van der Waals surface area contributed by atoms with Crippen molar-refractivity contribution in [3.8, 4) is 11.4 Å². The lowest BCUT2D eigenvalue weighted by atomic mass is 10.2. The zero-order valence-corrected chi connectivity index (χ0v) is 14.2. The van der Waals surface area contributed by atoms with Crippen LogP contribution in [0.4, 0.5) is 14.5 Å². The number of hydrogen-bond acceptors (Lipinski definition) is 4. The third-order valence-corrected chi connectivity index (χ3v) is 4.31. The quantitative estimate of drug-likeness (QED) is 0.653. The van der Waals surface area contributed by atoms with Gasteiger partial charge in [0.1, 0.15) is 11.6 Å². The van der Waals surface area contributed by atoms with E-state index in [4.69, 9.17) is 11.6 Å². The fourth-order valence-corrected chi connectivity index (χ4v) is 2.82. The van der Waals surface area contributed by atoms with E-state index in [-0.39, 0.29) is 11.4 Å². The second-order valence-electron chi connectivity index (χ2n) is 4.91. The summed E-state index contributed by atoms with van der Waals surface area (Å²) in [5, 5.41) is 10.0. The van der Waals surface area contributed by atoms with Crippen molar-refractivity contribution in [2.24, 2.45) is 0 Å². The third-order valence-electron chi connectivity index (χ3n) is 3.13. The number of rotatable bonds is 5. The van der Waals surface area contributed by atoms with Crippen LogP contribution in [-0.2, 0) is 4.79 Å². The van der Waals surface area contributed by atoms with Gasteiger partial charge in [-0.15, -0.1) is 5.10 Å². The Morgan fingerprint density at radius 2 is 2.04 bits per heavy atom. The number of thioether (sulfide) groups is 1.